The third-order valence-corrected chi connectivity index (χ3v) is 4.01. The van der Waals surface area contributed by atoms with Gasteiger partial charge in [-0.3, -0.25) is 10.1 Å². The predicted molar refractivity (Wildman–Crippen MR) is 103 cm³/mol. The molecule has 0 radical (unpaired) electrons. The molecule has 0 saturated heterocycles. The number of nitrogens with one attached hydrogen (secondary N) is 1. The van der Waals surface area contributed by atoms with Gasteiger partial charge in [0.1, 0.15) is 23.5 Å². The third kappa shape index (κ3) is 5.64. The van der Waals surface area contributed by atoms with Gasteiger partial charge in [-0.25, -0.2) is 24.4 Å². The molecule has 3 aromatic rings. The number of anilines is 1. The zero-order chi connectivity index (χ0) is 25.3. The Morgan fingerprint density at radius 3 is 2.12 bits per heavy atom. The highest BCUT2D eigenvalue weighted by Crippen LogP contribution is 2.35. The lowest BCUT2D eigenvalue weighted by atomic mass is 10.1. The molecule has 0 bridgehead atoms. The lowest BCUT2D eigenvalue weighted by molar-refractivity contribution is -0.150. The third-order valence-electron chi connectivity index (χ3n) is 4.01. The van der Waals surface area contributed by atoms with Crippen molar-refractivity contribution in [3.63, 3.8) is 0 Å². The van der Waals surface area contributed by atoms with Gasteiger partial charge in [0.15, 0.2) is 5.82 Å². The minimum atomic E-state index is -5.16. The molecule has 0 aliphatic heterocycles. The largest absolute Gasteiger partial charge is 0.465 e. The van der Waals surface area contributed by atoms with Gasteiger partial charge in [-0.05, 0) is 24.3 Å². The van der Waals surface area contributed by atoms with E-state index in [0.29, 0.717) is 12.1 Å². The Balaban J connectivity index is 2.00. The number of hydrogen-bond acceptors (Lipinski definition) is 6. The maximum Gasteiger partial charge on any atom is 0.433 e. The van der Waals surface area contributed by atoms with E-state index in [9.17, 15) is 35.9 Å². The van der Waals surface area contributed by atoms with E-state index in [1.165, 1.54) is 12.1 Å². The number of nitrogens with zero attached hydrogens (tertiary/aromatic N) is 5. The average molecular weight is 487 g/mol. The van der Waals surface area contributed by atoms with Crippen LogP contribution in [-0.4, -0.2) is 41.8 Å². The molecule has 0 aliphatic rings. The summed E-state index contributed by atoms with van der Waals surface area (Å²) >= 11 is 0. The number of nitrogens with two attached hydrogens (primary N) is 1. The lowest BCUT2D eigenvalue weighted by Crippen LogP contribution is -2.15. The van der Waals surface area contributed by atoms with Crippen molar-refractivity contribution < 1.29 is 41.0 Å². The zero-order valence-corrected chi connectivity index (χ0v) is 16.4. The Kier molecular flexibility index (Phi) is 6.25. The van der Waals surface area contributed by atoms with E-state index < -0.39 is 47.1 Å². The summed E-state index contributed by atoms with van der Waals surface area (Å²) in [5.74, 6) is -1.56. The van der Waals surface area contributed by atoms with Crippen molar-refractivity contribution in [2.45, 2.75) is 12.4 Å². The number of aromatic nitrogens is 5. The minimum absolute atomic E-state index is 0.0539. The van der Waals surface area contributed by atoms with Gasteiger partial charge >= 0.3 is 18.4 Å². The number of amides is 2. The van der Waals surface area contributed by atoms with Crippen molar-refractivity contribution in [1.82, 2.24) is 24.7 Å². The molecule has 10 nitrogen and oxygen atoms in total. The monoisotopic (exact) mass is 487 g/mol. The van der Waals surface area contributed by atoms with Gasteiger partial charge < -0.3 is 10.8 Å². The second-order valence-corrected chi connectivity index (χ2v) is 6.44. The second-order valence-electron chi connectivity index (χ2n) is 6.44. The first-order valence-electron chi connectivity index (χ1n) is 8.80. The summed E-state index contributed by atoms with van der Waals surface area (Å²) in [4.78, 5) is 32.5. The minimum Gasteiger partial charge on any atom is -0.465 e. The highest BCUT2D eigenvalue weighted by atomic mass is 19.4. The molecule has 3 rings (SSSR count). The van der Waals surface area contributed by atoms with Gasteiger partial charge in [0.05, 0.1) is 5.57 Å². The molecule has 0 aromatic carbocycles. The summed E-state index contributed by atoms with van der Waals surface area (Å²) in [6.45, 7) is 0. The second kappa shape index (κ2) is 8.80. The molecule has 0 saturated carbocycles. The smallest absolute Gasteiger partial charge is 0.433 e. The number of alkyl halides is 6. The van der Waals surface area contributed by atoms with Gasteiger partial charge in [0.25, 0.3) is 5.91 Å². The van der Waals surface area contributed by atoms with Crippen molar-refractivity contribution in [3.8, 4) is 11.4 Å². The van der Waals surface area contributed by atoms with Gasteiger partial charge in [-0.2, -0.15) is 26.3 Å². The summed E-state index contributed by atoms with van der Waals surface area (Å²) in [7, 11) is 0. The SMILES string of the molecule is NC(=O)/C(=C/n1cnc(-c2cc(C(F)(F)F)nc(C(F)(F)F)c2)n1)c1ccc(NC(=O)O)nc1. The van der Waals surface area contributed by atoms with E-state index in [0.717, 1.165) is 23.4 Å². The van der Waals surface area contributed by atoms with Crippen LogP contribution in [0, 0.1) is 0 Å². The first kappa shape index (κ1) is 24.1. The van der Waals surface area contributed by atoms with E-state index in [1.54, 1.807) is 0 Å². The molecule has 3 aromatic heterocycles. The zero-order valence-electron chi connectivity index (χ0n) is 16.4. The molecule has 2 amide bonds. The van der Waals surface area contributed by atoms with Crippen molar-refractivity contribution >= 4 is 29.6 Å². The van der Waals surface area contributed by atoms with Crippen LogP contribution < -0.4 is 11.1 Å². The summed E-state index contributed by atoms with van der Waals surface area (Å²) in [5.41, 5.74) is 1.03. The molecule has 0 unspecified atom stereocenters. The number of carbonyl (C=O) groups excluding carboxylic acids is 1. The van der Waals surface area contributed by atoms with Crippen LogP contribution in [0.4, 0.5) is 37.0 Å². The van der Waals surface area contributed by atoms with Crippen LogP contribution in [0.25, 0.3) is 23.2 Å². The number of carboxylic acid groups (broad SMARTS) is 1. The standard InChI is InChI=1S/C18H11F6N7O3/c19-17(20,21)11-3-9(4-12(28-11)18(22,23)24)15-27-7-31(30-15)6-10(14(25)32)8-1-2-13(26-5-8)29-16(33)34/h1-7H,(H2,25,32)(H,26,29)(H,33,34)/b10-6+. The van der Waals surface area contributed by atoms with Crippen LogP contribution in [0.2, 0.25) is 0 Å². The first-order chi connectivity index (χ1) is 15.7. The fourth-order valence-electron chi connectivity index (χ4n) is 2.57. The molecule has 178 valence electrons. The molecule has 34 heavy (non-hydrogen) atoms. The van der Waals surface area contributed by atoms with Crippen molar-refractivity contribution in [2.24, 2.45) is 5.73 Å². The molecule has 0 fully saturated rings. The molecule has 4 N–H and O–H groups in total. The van der Waals surface area contributed by atoms with Gasteiger partial charge in [-0.1, -0.05) is 0 Å². The number of primary amides is 1. The van der Waals surface area contributed by atoms with Crippen molar-refractivity contribution in [1.29, 1.82) is 0 Å². The van der Waals surface area contributed by atoms with Crippen molar-refractivity contribution in [2.75, 3.05) is 5.32 Å². The van der Waals surface area contributed by atoms with E-state index in [1.807, 2.05) is 5.32 Å². The number of pyridine rings is 2. The summed E-state index contributed by atoms with van der Waals surface area (Å²) in [6, 6.07) is 3.22. The van der Waals surface area contributed by atoms with E-state index in [4.69, 9.17) is 10.8 Å². The van der Waals surface area contributed by atoms with Crippen LogP contribution >= 0.6 is 0 Å². The van der Waals surface area contributed by atoms with Crippen LogP contribution in [0.3, 0.4) is 0 Å². The number of halogens is 6. The molecule has 16 heteroatoms. The summed E-state index contributed by atoms with van der Waals surface area (Å²) < 4.78 is 79.0. The number of carbonyl (C=O) groups is 2. The summed E-state index contributed by atoms with van der Waals surface area (Å²) in [6.07, 6.45) is -8.66. The topological polar surface area (TPSA) is 149 Å². The van der Waals surface area contributed by atoms with Crippen LogP contribution in [0.1, 0.15) is 17.0 Å². The fraction of sp³-hybridized carbons (Fsp3) is 0.111. The van der Waals surface area contributed by atoms with Crippen LogP contribution in [0.5, 0.6) is 0 Å². The quantitative estimate of drug-likeness (QED) is 0.369. The number of rotatable bonds is 5. The normalized spacial score (nSPS) is 12.5. The van der Waals surface area contributed by atoms with Gasteiger partial charge in [0.2, 0.25) is 0 Å². The predicted octanol–water partition coefficient (Wildman–Crippen LogP) is 3.35. The average Bonchev–Trinajstić information content (AvgIpc) is 3.19. The molecule has 3 heterocycles. The van der Waals surface area contributed by atoms with Gasteiger partial charge in [0, 0.05) is 23.5 Å². The number of hydrogen-bond donors (Lipinski definition) is 3. The maximum absolute atomic E-state index is 13.0. The maximum atomic E-state index is 13.0. The fourth-order valence-corrected chi connectivity index (χ4v) is 2.57. The van der Waals surface area contributed by atoms with Crippen LogP contribution in [-0.2, 0) is 17.1 Å². The molecular formula is C18H11F6N7O3. The van der Waals surface area contributed by atoms with E-state index in [-0.39, 0.29) is 17.0 Å². The van der Waals surface area contributed by atoms with E-state index in [2.05, 4.69) is 20.1 Å². The summed E-state index contributed by atoms with van der Waals surface area (Å²) in [5, 5.41) is 14.4. The molecule has 0 aliphatic carbocycles. The Hall–Kier alpha value is -4.50. The van der Waals surface area contributed by atoms with Gasteiger partial charge in [-0.15, -0.1) is 5.10 Å². The molecule has 0 spiro atoms. The highest BCUT2D eigenvalue weighted by Gasteiger charge is 2.39. The first-order valence-corrected chi connectivity index (χ1v) is 8.80. The molecule has 0 atom stereocenters. The Morgan fingerprint density at radius 1 is 1.03 bits per heavy atom. The highest BCUT2D eigenvalue weighted by molar-refractivity contribution is 6.22. The van der Waals surface area contributed by atoms with Crippen molar-refractivity contribution in [3.05, 3.63) is 53.7 Å². The Labute approximate surface area is 184 Å². The van der Waals surface area contributed by atoms with Crippen LogP contribution in [0.15, 0.2) is 36.8 Å². The van der Waals surface area contributed by atoms with E-state index >= 15 is 0 Å². The Morgan fingerprint density at radius 2 is 1.65 bits per heavy atom. The molecular weight excluding hydrogens is 476 g/mol. The Bertz CT molecular complexity index is 1230. The lowest BCUT2D eigenvalue weighted by Gasteiger charge is -2.11.